The first-order valence-electron chi connectivity index (χ1n) is 14.4. The molecule has 9 aromatic carbocycles. The Morgan fingerprint density at radius 2 is 0.810 bits per heavy atom. The molecule has 0 atom stereocenters. The summed E-state index contributed by atoms with van der Waals surface area (Å²) in [6.45, 7) is 2.19. The first kappa shape index (κ1) is 24.1. The summed E-state index contributed by atoms with van der Waals surface area (Å²) in [6, 6.07) is 47.7. The molecule has 3 heteroatoms. The van der Waals surface area contributed by atoms with E-state index in [0.717, 1.165) is 26.7 Å². The molecule has 0 unspecified atom stereocenters. The van der Waals surface area contributed by atoms with Crippen molar-refractivity contribution in [3.05, 3.63) is 133 Å². The summed E-state index contributed by atoms with van der Waals surface area (Å²) in [6.07, 6.45) is 0. The molecule has 0 spiro atoms. The second kappa shape index (κ2) is 8.75. The molecule has 42 heavy (non-hydrogen) atoms. The lowest BCUT2D eigenvalue weighted by atomic mass is 9.94. The molecule has 0 saturated carbocycles. The molecule has 2 radical (unpaired) electrons. The lowest BCUT2D eigenvalue weighted by Gasteiger charge is -2.25. The van der Waals surface area contributed by atoms with Gasteiger partial charge in [-0.15, -0.1) is 0 Å². The molecule has 0 bridgehead atoms. The second-order valence-corrected chi connectivity index (χ2v) is 15.1. The highest BCUT2D eigenvalue weighted by Crippen LogP contribution is 2.49. The Hall–Kier alpha value is -4.49. The summed E-state index contributed by atoms with van der Waals surface area (Å²) in [5, 5.41) is 18.3. The highest BCUT2D eigenvalue weighted by Gasteiger charge is 2.34. The summed E-state index contributed by atoms with van der Waals surface area (Å²) >= 11 is 0. The van der Waals surface area contributed by atoms with Crippen molar-refractivity contribution in [2.24, 2.45) is 0 Å². The van der Waals surface area contributed by atoms with Gasteiger partial charge in [-0.3, -0.25) is 0 Å². The summed E-state index contributed by atoms with van der Waals surface area (Å²) in [7, 11) is -2.63. The Morgan fingerprint density at radius 1 is 0.429 bits per heavy atom. The van der Waals surface area contributed by atoms with Crippen molar-refractivity contribution in [1.82, 2.24) is 0 Å². The highest BCUT2D eigenvalue weighted by molar-refractivity contribution is 7.86. The van der Waals surface area contributed by atoms with E-state index in [1.807, 2.05) is 0 Å². The van der Waals surface area contributed by atoms with Crippen molar-refractivity contribution in [2.45, 2.75) is 6.55 Å². The van der Waals surface area contributed by atoms with Gasteiger partial charge in [-0.1, -0.05) is 133 Å². The van der Waals surface area contributed by atoms with E-state index in [2.05, 4.69) is 140 Å². The second-order valence-electron chi connectivity index (χ2n) is 11.3. The summed E-state index contributed by atoms with van der Waals surface area (Å²) in [5.41, 5.74) is 0. The molecule has 9 rings (SSSR count). The van der Waals surface area contributed by atoms with Crippen LogP contribution in [0.2, 0.25) is 6.55 Å². The molecule has 0 aliphatic heterocycles. The lowest BCUT2D eigenvalue weighted by molar-refractivity contribution is 0.593. The van der Waals surface area contributed by atoms with E-state index in [1.54, 1.807) is 0 Å². The van der Waals surface area contributed by atoms with Crippen molar-refractivity contribution < 1.29 is 4.57 Å². The van der Waals surface area contributed by atoms with E-state index in [0.29, 0.717) is 9.52 Å². The molecule has 0 N–H and O–H groups in total. The van der Waals surface area contributed by atoms with Gasteiger partial charge < -0.3 is 4.57 Å². The van der Waals surface area contributed by atoms with E-state index >= 15 is 4.57 Å². The van der Waals surface area contributed by atoms with Gasteiger partial charge in [-0.2, -0.15) is 0 Å². The van der Waals surface area contributed by atoms with Crippen LogP contribution < -0.4 is 21.1 Å². The third-order valence-electron chi connectivity index (χ3n) is 9.21. The van der Waals surface area contributed by atoms with Crippen LogP contribution in [0.25, 0.3) is 64.6 Å². The first-order chi connectivity index (χ1) is 20.6. The van der Waals surface area contributed by atoms with Gasteiger partial charge >= 0.3 is 0 Å². The molecular weight excluding hydrogens is 543 g/mol. The molecule has 0 aromatic heterocycles. The molecule has 9 aromatic rings. The highest BCUT2D eigenvalue weighted by atomic mass is 31.2. The molecule has 0 amide bonds. The minimum Gasteiger partial charge on any atom is -0.309 e. The van der Waals surface area contributed by atoms with Crippen molar-refractivity contribution in [3.63, 3.8) is 0 Å². The molecule has 0 aliphatic rings. The zero-order chi connectivity index (χ0) is 28.0. The van der Waals surface area contributed by atoms with Crippen LogP contribution in [0.1, 0.15) is 0 Å². The minimum absolute atomic E-state index is 0.694. The Morgan fingerprint density at radius 3 is 1.24 bits per heavy atom. The van der Waals surface area contributed by atoms with Gasteiger partial charge in [-0.25, -0.2) is 0 Å². The van der Waals surface area contributed by atoms with E-state index in [9.17, 15) is 0 Å². The van der Waals surface area contributed by atoms with Crippen molar-refractivity contribution >= 4 is 102 Å². The first-order valence-corrected chi connectivity index (χ1v) is 17.6. The fourth-order valence-electron chi connectivity index (χ4n) is 7.23. The monoisotopic (exact) mass is 568 g/mol. The van der Waals surface area contributed by atoms with Crippen LogP contribution in [0, 0.1) is 0 Å². The lowest BCUT2D eigenvalue weighted by Crippen LogP contribution is -2.27. The zero-order valence-corrected chi connectivity index (χ0v) is 25.0. The molecule has 1 nitrogen and oxygen atoms in total. The summed E-state index contributed by atoms with van der Waals surface area (Å²) in [5.74, 6) is 0. The van der Waals surface area contributed by atoms with Gasteiger partial charge in [0.15, 0.2) is 7.14 Å². The molecule has 196 valence electrons. The SMILES string of the molecule is C[Si]c1ccc(P(=O)(c2ccc3ccc4cccc5ccc2c3c45)c2ccc3ccc4cccc5ccc2c3c45)cc1. The van der Waals surface area contributed by atoms with Gasteiger partial charge in [0.25, 0.3) is 0 Å². The summed E-state index contributed by atoms with van der Waals surface area (Å²) in [4.78, 5) is 0. The summed E-state index contributed by atoms with van der Waals surface area (Å²) < 4.78 is 16.3. The van der Waals surface area contributed by atoms with Crippen LogP contribution in [-0.2, 0) is 4.57 Å². The largest absolute Gasteiger partial charge is 0.309 e. The Labute approximate surface area is 246 Å². The normalized spacial score (nSPS) is 12.6. The molecule has 0 saturated heterocycles. The predicted molar refractivity (Wildman–Crippen MR) is 184 cm³/mol. The fraction of sp³-hybridized carbons (Fsp3) is 0.0256. The van der Waals surface area contributed by atoms with Crippen molar-refractivity contribution in [3.8, 4) is 0 Å². The maximum Gasteiger partial charge on any atom is 0.172 e. The van der Waals surface area contributed by atoms with E-state index in [-0.39, 0.29) is 0 Å². The van der Waals surface area contributed by atoms with Crippen molar-refractivity contribution in [1.29, 1.82) is 0 Å². The van der Waals surface area contributed by atoms with Gasteiger partial charge in [0.2, 0.25) is 0 Å². The van der Waals surface area contributed by atoms with Crippen LogP contribution in [0.3, 0.4) is 0 Å². The third kappa shape index (κ3) is 3.17. The number of benzene rings is 9. The smallest absolute Gasteiger partial charge is 0.172 e. The number of hydrogen-bond acceptors (Lipinski definition) is 1. The van der Waals surface area contributed by atoms with Gasteiger partial charge in [-0.05, 0) is 76.8 Å². The topological polar surface area (TPSA) is 17.1 Å². The van der Waals surface area contributed by atoms with Gasteiger partial charge in [0.1, 0.15) is 0 Å². The quantitative estimate of drug-likeness (QED) is 0.118. The van der Waals surface area contributed by atoms with E-state index < -0.39 is 7.14 Å². The molecular formula is C39H25OPSi. The van der Waals surface area contributed by atoms with Crippen LogP contribution in [0.4, 0.5) is 0 Å². The van der Waals surface area contributed by atoms with Crippen LogP contribution in [0.15, 0.2) is 133 Å². The Balaban J connectivity index is 1.45. The molecule has 0 heterocycles. The van der Waals surface area contributed by atoms with Crippen LogP contribution >= 0.6 is 7.14 Å². The number of rotatable bonds is 4. The Kier molecular flexibility index (Phi) is 5.03. The van der Waals surface area contributed by atoms with Gasteiger partial charge in [0, 0.05) is 15.9 Å². The van der Waals surface area contributed by atoms with Gasteiger partial charge in [0.05, 0.1) is 9.52 Å². The Bertz CT molecular complexity index is 2350. The standard InChI is InChI=1S/C39H25OPSi/c1-42-31-18-16-30(17-19-31)41(40,34-22-14-28-10-8-24-4-2-6-26-12-20-32(34)38(28)36(24)26)35-23-15-29-11-9-25-5-3-7-27-13-21-33(35)39(29)37(25)27/h2-23H,1H3. The fourth-order valence-corrected chi connectivity index (χ4v) is 10.7. The molecule has 0 aliphatic carbocycles. The minimum atomic E-state index is -3.32. The maximum absolute atomic E-state index is 16.3. The van der Waals surface area contributed by atoms with Crippen LogP contribution in [-0.4, -0.2) is 9.52 Å². The van der Waals surface area contributed by atoms with E-state index in [1.165, 1.54) is 59.0 Å². The van der Waals surface area contributed by atoms with E-state index in [4.69, 9.17) is 0 Å². The van der Waals surface area contributed by atoms with Crippen molar-refractivity contribution in [2.75, 3.05) is 0 Å². The zero-order valence-electron chi connectivity index (χ0n) is 23.1. The third-order valence-corrected chi connectivity index (χ3v) is 13.3. The molecule has 0 fully saturated rings. The van der Waals surface area contributed by atoms with Crippen LogP contribution in [0.5, 0.6) is 0 Å². The number of hydrogen-bond donors (Lipinski definition) is 0. The predicted octanol–water partition coefficient (Wildman–Crippen LogP) is 8.50. The average Bonchev–Trinajstić information content (AvgIpc) is 3.05. The average molecular weight is 569 g/mol. The maximum atomic E-state index is 16.3.